The maximum absolute atomic E-state index is 11.5. The van der Waals surface area contributed by atoms with E-state index in [-0.39, 0.29) is 11.5 Å². The Labute approximate surface area is 99.5 Å². The molecule has 1 saturated carbocycles. The Kier molecular flexibility index (Phi) is 2.81. The van der Waals surface area contributed by atoms with Gasteiger partial charge in [-0.05, 0) is 12.8 Å². The van der Waals surface area contributed by atoms with Crippen molar-refractivity contribution < 1.29 is 21.6 Å². The van der Waals surface area contributed by atoms with Crippen LogP contribution in [0.5, 0.6) is 0 Å². The number of rotatable bonds is 3. The Morgan fingerprint density at radius 3 is 2.25 bits per heavy atom. The molecular weight excluding hydrogens is 276 g/mol. The highest BCUT2D eigenvalue weighted by molar-refractivity contribution is 8.15. The van der Waals surface area contributed by atoms with E-state index in [0.717, 1.165) is 0 Å². The van der Waals surface area contributed by atoms with Crippen LogP contribution in [0.1, 0.15) is 12.8 Å². The molecule has 0 amide bonds. The van der Waals surface area contributed by atoms with Gasteiger partial charge < -0.3 is 4.74 Å². The molecule has 0 radical (unpaired) electrons. The number of ether oxygens (including phenoxy) is 1. The van der Waals surface area contributed by atoms with Gasteiger partial charge in [0, 0.05) is 23.7 Å². The summed E-state index contributed by atoms with van der Waals surface area (Å²) in [5, 5.41) is 0. The van der Waals surface area contributed by atoms with Crippen LogP contribution in [0.2, 0.25) is 0 Å². The van der Waals surface area contributed by atoms with Crippen LogP contribution in [0, 0.1) is 5.92 Å². The molecule has 0 aromatic carbocycles. The zero-order valence-corrected chi connectivity index (χ0v) is 11.1. The van der Waals surface area contributed by atoms with Gasteiger partial charge in [0.1, 0.15) is 0 Å². The lowest BCUT2D eigenvalue weighted by Gasteiger charge is -2.23. The molecule has 2 unspecified atom stereocenters. The predicted molar refractivity (Wildman–Crippen MR) is 59.7 cm³/mol. The second kappa shape index (κ2) is 3.57. The van der Waals surface area contributed by atoms with E-state index in [1.165, 1.54) is 7.11 Å². The fraction of sp³-hybridized carbons (Fsp3) is 1.00. The average Bonchev–Trinajstić information content (AvgIpc) is 2.86. The second-order valence-electron chi connectivity index (χ2n) is 4.46. The normalized spacial score (nSPS) is 36.1. The van der Waals surface area contributed by atoms with Crippen LogP contribution < -0.4 is 0 Å². The van der Waals surface area contributed by atoms with Crippen LogP contribution in [0.4, 0.5) is 0 Å². The smallest absolute Gasteiger partial charge is 0.238 e. The fourth-order valence-electron chi connectivity index (χ4n) is 2.46. The summed E-state index contributed by atoms with van der Waals surface area (Å²) < 4.78 is 50.0. The minimum atomic E-state index is -3.74. The zero-order chi connectivity index (χ0) is 12.2. The number of hydrogen-bond donors (Lipinski definition) is 0. The van der Waals surface area contributed by atoms with E-state index in [9.17, 15) is 16.8 Å². The predicted octanol–water partition coefficient (Wildman–Crippen LogP) is 0.147. The maximum Gasteiger partial charge on any atom is 0.238 e. The quantitative estimate of drug-likeness (QED) is 0.691. The topological polar surface area (TPSA) is 77.5 Å². The number of methoxy groups -OCH3 is 1. The minimum absolute atomic E-state index is 0.109. The third-order valence-electron chi connectivity index (χ3n) is 3.51. The van der Waals surface area contributed by atoms with Crippen LogP contribution >= 0.6 is 10.7 Å². The average molecular weight is 289 g/mol. The largest absolute Gasteiger partial charge is 0.380 e. The van der Waals surface area contributed by atoms with Gasteiger partial charge in [0.15, 0.2) is 9.84 Å². The molecule has 1 aliphatic heterocycles. The number of hydrogen-bond acceptors (Lipinski definition) is 5. The second-order valence-corrected chi connectivity index (χ2v) is 9.52. The molecule has 2 fully saturated rings. The van der Waals surface area contributed by atoms with E-state index in [0.29, 0.717) is 12.8 Å². The molecule has 1 aliphatic carbocycles. The molecule has 0 bridgehead atoms. The van der Waals surface area contributed by atoms with Crippen LogP contribution in [0.15, 0.2) is 0 Å². The molecule has 16 heavy (non-hydrogen) atoms. The Bertz CT molecular complexity index is 491. The molecule has 2 aliphatic rings. The highest BCUT2D eigenvalue weighted by atomic mass is 35.7. The van der Waals surface area contributed by atoms with E-state index in [1.54, 1.807) is 0 Å². The van der Waals surface area contributed by atoms with Crippen molar-refractivity contribution >= 4 is 29.6 Å². The van der Waals surface area contributed by atoms with Crippen LogP contribution in [0.25, 0.3) is 0 Å². The van der Waals surface area contributed by atoms with Gasteiger partial charge in [-0.15, -0.1) is 0 Å². The highest BCUT2D eigenvalue weighted by Crippen LogP contribution is 2.54. The van der Waals surface area contributed by atoms with E-state index < -0.39 is 35.7 Å². The Morgan fingerprint density at radius 1 is 1.31 bits per heavy atom. The third-order valence-corrected chi connectivity index (χ3v) is 7.81. The van der Waals surface area contributed by atoms with Crippen molar-refractivity contribution in [1.82, 2.24) is 0 Å². The molecule has 5 nitrogen and oxygen atoms in total. The van der Waals surface area contributed by atoms with Crippen molar-refractivity contribution in [1.29, 1.82) is 0 Å². The molecule has 0 spiro atoms. The first kappa shape index (κ1) is 12.6. The Hall–Kier alpha value is 0.150. The summed E-state index contributed by atoms with van der Waals surface area (Å²) in [5.74, 6) is -0.773. The Balaban J connectivity index is 2.36. The molecule has 94 valence electrons. The molecule has 0 N–H and O–H groups in total. The Morgan fingerprint density at radius 2 is 1.88 bits per heavy atom. The van der Waals surface area contributed by atoms with Crippen molar-refractivity contribution in [3.8, 4) is 0 Å². The van der Waals surface area contributed by atoms with Crippen molar-refractivity contribution in [3.05, 3.63) is 0 Å². The van der Waals surface area contributed by atoms with Gasteiger partial charge >= 0.3 is 0 Å². The first-order valence-corrected chi connectivity index (χ1v) is 9.02. The summed E-state index contributed by atoms with van der Waals surface area (Å²) in [4.78, 5) is 0. The van der Waals surface area contributed by atoms with Gasteiger partial charge in [-0.3, -0.25) is 0 Å². The van der Waals surface area contributed by atoms with E-state index in [2.05, 4.69) is 0 Å². The number of halogens is 1. The number of sulfone groups is 1. The highest BCUT2D eigenvalue weighted by Gasteiger charge is 2.64. The van der Waals surface area contributed by atoms with E-state index in [4.69, 9.17) is 15.4 Å². The molecular formula is C8H13ClO5S2. The summed E-state index contributed by atoms with van der Waals surface area (Å²) in [5.41, 5.74) is 0. The van der Waals surface area contributed by atoms with Crippen molar-refractivity contribution in [2.75, 3.05) is 18.6 Å². The van der Waals surface area contributed by atoms with Gasteiger partial charge in [-0.2, -0.15) is 0 Å². The lowest BCUT2D eigenvalue weighted by molar-refractivity contribution is 0.0807. The molecule has 0 aromatic rings. The summed E-state index contributed by atoms with van der Waals surface area (Å²) in [6.45, 7) is 0. The molecule has 8 heteroatoms. The third kappa shape index (κ3) is 1.87. The first-order valence-electron chi connectivity index (χ1n) is 4.89. The minimum Gasteiger partial charge on any atom is -0.380 e. The lowest BCUT2D eigenvalue weighted by atomic mass is 10.00. The van der Waals surface area contributed by atoms with Gasteiger partial charge in [0.2, 0.25) is 9.05 Å². The summed E-state index contributed by atoms with van der Waals surface area (Å²) >= 11 is 0. The first-order chi connectivity index (χ1) is 7.22. The van der Waals surface area contributed by atoms with Crippen LogP contribution in [0.3, 0.4) is 0 Å². The molecule has 0 aromatic heterocycles. The van der Waals surface area contributed by atoms with Crippen LogP contribution in [-0.2, 0) is 23.6 Å². The van der Waals surface area contributed by atoms with Crippen LogP contribution in [-0.4, -0.2) is 46.3 Å². The van der Waals surface area contributed by atoms with Crippen molar-refractivity contribution in [3.63, 3.8) is 0 Å². The van der Waals surface area contributed by atoms with E-state index in [1.807, 2.05) is 0 Å². The van der Waals surface area contributed by atoms with Crippen molar-refractivity contribution in [2.45, 2.75) is 23.7 Å². The van der Waals surface area contributed by atoms with Gasteiger partial charge in [-0.1, -0.05) is 0 Å². The summed E-state index contributed by atoms with van der Waals surface area (Å²) in [6.07, 6.45) is 0.304. The molecule has 2 atom stereocenters. The zero-order valence-electron chi connectivity index (χ0n) is 8.72. The molecule has 1 heterocycles. The summed E-state index contributed by atoms with van der Waals surface area (Å²) in [7, 11) is -0.145. The van der Waals surface area contributed by atoms with Crippen molar-refractivity contribution in [2.24, 2.45) is 5.92 Å². The lowest BCUT2D eigenvalue weighted by Crippen LogP contribution is -2.37. The maximum atomic E-state index is 11.5. The molecule has 2 rings (SSSR count). The SMILES string of the molecule is COC1CS(=O)(=O)CC1C1(S(=O)(=O)Cl)CC1. The monoisotopic (exact) mass is 288 g/mol. The standard InChI is InChI=1S/C8H13ClO5S2/c1-14-7-5-15(10,11)4-6(7)8(2-3-8)16(9,12)13/h6-7H,2-5H2,1H3. The summed E-state index contributed by atoms with van der Waals surface area (Å²) in [6, 6.07) is 0. The van der Waals surface area contributed by atoms with Gasteiger partial charge in [0.25, 0.3) is 0 Å². The van der Waals surface area contributed by atoms with Gasteiger partial charge in [0.05, 0.1) is 22.4 Å². The van der Waals surface area contributed by atoms with E-state index >= 15 is 0 Å². The molecule has 1 saturated heterocycles. The van der Waals surface area contributed by atoms with Gasteiger partial charge in [-0.25, -0.2) is 16.8 Å². The fourth-order valence-corrected chi connectivity index (χ4v) is 6.64.